The maximum absolute atomic E-state index is 13.7. The first kappa shape index (κ1) is 23.7. The molecule has 0 N–H and O–H groups in total. The number of carbonyl (C=O) groups is 1. The Hall–Kier alpha value is -2.46. The lowest BCUT2D eigenvalue weighted by atomic mass is 9.91. The summed E-state index contributed by atoms with van der Waals surface area (Å²) in [4.78, 5) is 23.3. The molecule has 2 aromatic rings. The number of carbonyl (C=O) groups excluding carboxylic acids is 1. The van der Waals surface area contributed by atoms with Crippen LogP contribution in [0.4, 0.5) is 8.78 Å². The zero-order chi connectivity index (χ0) is 23.8. The Balaban J connectivity index is 1.62. The average Bonchev–Trinajstić information content (AvgIpc) is 3.29. The van der Waals surface area contributed by atoms with Crippen LogP contribution in [0.1, 0.15) is 44.1 Å². The predicted octanol–water partition coefficient (Wildman–Crippen LogP) is 3.64. The SMILES string of the molecule is Cc1ccc(S(=O)(=O)N2CCC[C@H]2C(=O)N(C)C2CCC(F)(F)CC2)c(-c2ncccn2)c1. The second kappa shape index (κ2) is 9.06. The van der Waals surface area contributed by atoms with Gasteiger partial charge in [-0.3, -0.25) is 4.79 Å². The van der Waals surface area contributed by atoms with Crippen molar-refractivity contribution >= 4 is 15.9 Å². The van der Waals surface area contributed by atoms with E-state index in [1.165, 1.54) is 15.3 Å². The molecule has 0 bridgehead atoms. The van der Waals surface area contributed by atoms with Crippen molar-refractivity contribution in [1.82, 2.24) is 19.2 Å². The lowest BCUT2D eigenvalue weighted by Crippen LogP contribution is -2.50. The second-order valence-corrected chi connectivity index (χ2v) is 10.7. The molecule has 2 heterocycles. The van der Waals surface area contributed by atoms with Crippen molar-refractivity contribution in [2.24, 2.45) is 0 Å². The minimum absolute atomic E-state index is 0.0546. The van der Waals surface area contributed by atoms with Crippen molar-refractivity contribution in [1.29, 1.82) is 0 Å². The molecule has 1 saturated heterocycles. The molecule has 7 nitrogen and oxygen atoms in total. The lowest BCUT2D eigenvalue weighted by molar-refractivity contribution is -0.138. The van der Waals surface area contributed by atoms with Crippen LogP contribution < -0.4 is 0 Å². The number of hydrogen-bond acceptors (Lipinski definition) is 5. The molecule has 1 amide bonds. The molecule has 0 radical (unpaired) electrons. The van der Waals surface area contributed by atoms with Gasteiger partial charge in [0.05, 0.1) is 4.90 Å². The summed E-state index contributed by atoms with van der Waals surface area (Å²) >= 11 is 0. The molecule has 178 valence electrons. The van der Waals surface area contributed by atoms with E-state index in [0.29, 0.717) is 24.2 Å². The van der Waals surface area contributed by atoms with Crippen LogP contribution in [0.25, 0.3) is 11.4 Å². The number of rotatable bonds is 5. The van der Waals surface area contributed by atoms with Crippen molar-refractivity contribution in [3.63, 3.8) is 0 Å². The molecule has 1 saturated carbocycles. The highest BCUT2D eigenvalue weighted by Crippen LogP contribution is 2.36. The summed E-state index contributed by atoms with van der Waals surface area (Å²) in [5, 5.41) is 0. The first-order chi connectivity index (χ1) is 15.6. The van der Waals surface area contributed by atoms with Crippen LogP contribution in [0.3, 0.4) is 0 Å². The molecule has 2 fully saturated rings. The Morgan fingerprint density at radius 2 is 1.82 bits per heavy atom. The number of nitrogens with zero attached hydrogens (tertiary/aromatic N) is 4. The number of benzene rings is 1. The van der Waals surface area contributed by atoms with E-state index in [4.69, 9.17) is 0 Å². The van der Waals surface area contributed by atoms with Crippen LogP contribution in [0.5, 0.6) is 0 Å². The largest absolute Gasteiger partial charge is 0.341 e. The third kappa shape index (κ3) is 4.77. The number of amides is 1. The highest BCUT2D eigenvalue weighted by atomic mass is 32.2. The monoisotopic (exact) mass is 478 g/mol. The maximum atomic E-state index is 13.7. The molecular formula is C23H28F2N4O3S. The summed E-state index contributed by atoms with van der Waals surface area (Å²) in [5.74, 6) is -2.73. The van der Waals surface area contributed by atoms with Crippen LogP contribution in [0.15, 0.2) is 41.6 Å². The summed E-state index contributed by atoms with van der Waals surface area (Å²) in [5.41, 5.74) is 1.25. The van der Waals surface area contributed by atoms with Gasteiger partial charge in [0, 0.05) is 50.4 Å². The number of halogens is 2. The number of hydrogen-bond donors (Lipinski definition) is 0. The van der Waals surface area contributed by atoms with Gasteiger partial charge >= 0.3 is 0 Å². The van der Waals surface area contributed by atoms with E-state index in [2.05, 4.69) is 9.97 Å². The fourth-order valence-corrected chi connectivity index (χ4v) is 6.53. The number of aryl methyl sites for hydroxylation is 1. The Kier molecular flexibility index (Phi) is 6.50. The number of sulfonamides is 1. The Morgan fingerprint density at radius 3 is 2.48 bits per heavy atom. The Labute approximate surface area is 192 Å². The zero-order valence-electron chi connectivity index (χ0n) is 18.7. The molecule has 1 aliphatic heterocycles. The maximum Gasteiger partial charge on any atom is 0.248 e. The summed E-state index contributed by atoms with van der Waals surface area (Å²) in [6, 6.07) is 5.45. The first-order valence-electron chi connectivity index (χ1n) is 11.1. The molecule has 4 rings (SSSR count). The predicted molar refractivity (Wildman–Crippen MR) is 119 cm³/mol. The Morgan fingerprint density at radius 1 is 1.15 bits per heavy atom. The third-order valence-electron chi connectivity index (χ3n) is 6.60. The Bertz CT molecular complexity index is 1120. The van der Waals surface area contributed by atoms with E-state index in [-0.39, 0.29) is 49.1 Å². The van der Waals surface area contributed by atoms with E-state index in [1.54, 1.807) is 37.6 Å². The fraction of sp³-hybridized carbons (Fsp3) is 0.522. The van der Waals surface area contributed by atoms with Crippen molar-refractivity contribution in [2.45, 2.75) is 68.4 Å². The van der Waals surface area contributed by atoms with Gasteiger partial charge in [0.15, 0.2) is 5.82 Å². The number of aromatic nitrogens is 2. The van der Waals surface area contributed by atoms with Crippen molar-refractivity contribution < 1.29 is 22.0 Å². The van der Waals surface area contributed by atoms with Gasteiger partial charge in [0.2, 0.25) is 21.9 Å². The van der Waals surface area contributed by atoms with Gasteiger partial charge in [-0.2, -0.15) is 4.31 Å². The molecule has 1 atom stereocenters. The molecule has 33 heavy (non-hydrogen) atoms. The zero-order valence-corrected chi connectivity index (χ0v) is 19.6. The van der Waals surface area contributed by atoms with E-state index < -0.39 is 22.0 Å². The minimum atomic E-state index is -4.03. The topological polar surface area (TPSA) is 83.5 Å². The van der Waals surface area contributed by atoms with Gasteiger partial charge in [-0.1, -0.05) is 11.6 Å². The summed E-state index contributed by atoms with van der Waals surface area (Å²) in [7, 11) is -2.43. The van der Waals surface area contributed by atoms with Crippen LogP contribution in [-0.2, 0) is 14.8 Å². The summed E-state index contributed by atoms with van der Waals surface area (Å²) in [6.07, 6.45) is 3.95. The molecule has 1 aliphatic carbocycles. The van der Waals surface area contributed by atoms with Crippen LogP contribution >= 0.6 is 0 Å². The normalized spacial score (nSPS) is 21.8. The van der Waals surface area contributed by atoms with Crippen molar-refractivity contribution in [3.8, 4) is 11.4 Å². The van der Waals surface area contributed by atoms with E-state index in [9.17, 15) is 22.0 Å². The third-order valence-corrected chi connectivity index (χ3v) is 8.57. The van der Waals surface area contributed by atoms with Crippen LogP contribution in [0.2, 0.25) is 0 Å². The lowest BCUT2D eigenvalue weighted by Gasteiger charge is -2.37. The van der Waals surface area contributed by atoms with Gasteiger partial charge in [-0.05, 0) is 50.8 Å². The quantitative estimate of drug-likeness (QED) is 0.655. The van der Waals surface area contributed by atoms with Crippen LogP contribution in [0, 0.1) is 6.92 Å². The minimum Gasteiger partial charge on any atom is -0.341 e. The standard InChI is InChI=1S/C23H28F2N4O3S/c1-16-6-7-20(18(15-16)21-26-12-4-13-27-21)33(31,32)29-14-3-5-19(29)22(30)28(2)17-8-10-23(24,25)11-9-17/h4,6-7,12-13,15,17,19H,3,5,8-11,14H2,1-2H3/t19-/m0/s1. The van der Waals surface area contributed by atoms with E-state index in [1.807, 2.05) is 6.92 Å². The number of alkyl halides is 2. The van der Waals surface area contributed by atoms with Gasteiger partial charge in [-0.15, -0.1) is 0 Å². The van der Waals surface area contributed by atoms with Gasteiger partial charge in [0.25, 0.3) is 0 Å². The molecule has 0 spiro atoms. The van der Waals surface area contributed by atoms with Crippen molar-refractivity contribution in [2.75, 3.05) is 13.6 Å². The summed E-state index contributed by atoms with van der Waals surface area (Å²) < 4.78 is 55.8. The van der Waals surface area contributed by atoms with Gasteiger partial charge in [0.1, 0.15) is 6.04 Å². The van der Waals surface area contributed by atoms with Crippen molar-refractivity contribution in [3.05, 3.63) is 42.2 Å². The molecule has 10 heteroatoms. The van der Waals surface area contributed by atoms with Crippen LogP contribution in [-0.4, -0.2) is 65.1 Å². The first-order valence-corrected chi connectivity index (χ1v) is 12.6. The second-order valence-electron chi connectivity index (χ2n) is 8.88. The summed E-state index contributed by atoms with van der Waals surface area (Å²) in [6.45, 7) is 2.08. The smallest absolute Gasteiger partial charge is 0.248 e. The van der Waals surface area contributed by atoms with E-state index >= 15 is 0 Å². The average molecular weight is 479 g/mol. The van der Waals surface area contributed by atoms with Gasteiger partial charge < -0.3 is 4.90 Å². The number of likely N-dealkylation sites (N-methyl/N-ethyl adjacent to an activating group) is 1. The van der Waals surface area contributed by atoms with E-state index in [0.717, 1.165) is 5.56 Å². The highest BCUT2D eigenvalue weighted by molar-refractivity contribution is 7.89. The molecule has 2 aliphatic rings. The fourth-order valence-electron chi connectivity index (χ4n) is 4.71. The highest BCUT2D eigenvalue weighted by Gasteiger charge is 2.44. The molecule has 0 unspecified atom stereocenters. The molecule has 1 aromatic carbocycles. The van der Waals surface area contributed by atoms with Gasteiger partial charge in [-0.25, -0.2) is 27.2 Å². The molecular weight excluding hydrogens is 450 g/mol. The molecule has 1 aromatic heterocycles.